The number of hydrogen-bond donors (Lipinski definition) is 1. The van der Waals surface area contributed by atoms with Gasteiger partial charge in [-0.3, -0.25) is 9.20 Å². The number of ether oxygens (including phenoxy) is 1. The van der Waals surface area contributed by atoms with Crippen LogP contribution in [0.3, 0.4) is 0 Å². The predicted octanol–water partition coefficient (Wildman–Crippen LogP) is 4.82. The van der Waals surface area contributed by atoms with E-state index in [1.807, 2.05) is 40.2 Å². The van der Waals surface area contributed by atoms with E-state index in [-0.39, 0.29) is 12.3 Å². The highest BCUT2D eigenvalue weighted by Crippen LogP contribution is 2.24. The number of hydrogen-bond acceptors (Lipinski definition) is 4. The number of fused-ring (bicyclic) bond motifs is 1. The average molecular weight is 391 g/mol. The highest BCUT2D eigenvalue weighted by atomic mass is 32.1. The van der Waals surface area contributed by atoms with Crippen LogP contribution in [0.15, 0.2) is 60.1 Å². The van der Waals surface area contributed by atoms with E-state index in [9.17, 15) is 4.79 Å². The van der Waals surface area contributed by atoms with Crippen LogP contribution in [0.2, 0.25) is 0 Å². The number of aromatic nitrogens is 2. The summed E-state index contributed by atoms with van der Waals surface area (Å²) in [6.45, 7) is 2.14. The molecule has 0 saturated heterocycles. The van der Waals surface area contributed by atoms with Crippen molar-refractivity contribution >= 4 is 27.9 Å². The lowest BCUT2D eigenvalue weighted by Gasteiger charge is -2.06. The molecule has 0 saturated carbocycles. The third-order valence-corrected chi connectivity index (χ3v) is 5.55. The first-order valence-corrected chi connectivity index (χ1v) is 10.0. The maximum absolute atomic E-state index is 12.5. The summed E-state index contributed by atoms with van der Waals surface area (Å²) in [4.78, 5) is 18.0. The minimum absolute atomic E-state index is 0.0626. The van der Waals surface area contributed by atoms with Gasteiger partial charge in [0.15, 0.2) is 4.96 Å². The molecule has 0 fully saturated rings. The minimum atomic E-state index is -0.0626. The monoisotopic (exact) mass is 391 g/mol. The van der Waals surface area contributed by atoms with E-state index in [1.54, 1.807) is 18.4 Å². The third-order valence-electron chi connectivity index (χ3n) is 4.66. The van der Waals surface area contributed by atoms with E-state index in [0.717, 1.165) is 39.8 Å². The van der Waals surface area contributed by atoms with Crippen molar-refractivity contribution in [2.45, 2.75) is 19.8 Å². The van der Waals surface area contributed by atoms with Gasteiger partial charge in [0.25, 0.3) is 0 Å². The molecule has 0 bridgehead atoms. The number of methoxy groups -OCH3 is 1. The molecule has 0 aliphatic rings. The first kappa shape index (κ1) is 18.3. The second kappa shape index (κ2) is 7.86. The Kier molecular flexibility index (Phi) is 5.12. The van der Waals surface area contributed by atoms with Crippen molar-refractivity contribution in [3.8, 4) is 17.0 Å². The number of nitrogens with zero attached hydrogens (tertiary/aromatic N) is 2. The fourth-order valence-electron chi connectivity index (χ4n) is 3.05. The van der Waals surface area contributed by atoms with Gasteiger partial charge in [0.05, 0.1) is 19.2 Å². The Hall–Kier alpha value is -3.12. The summed E-state index contributed by atoms with van der Waals surface area (Å²) in [6.07, 6.45) is 3.31. The van der Waals surface area contributed by atoms with E-state index in [0.29, 0.717) is 0 Å². The Labute approximate surface area is 167 Å². The standard InChI is InChI=1S/C22H21N3O2S/c1-3-15-4-6-16(7-5-15)20-13-25-18(14-28-22(25)24-20)12-21(26)23-17-8-10-19(27-2)11-9-17/h4-11,13-14H,3,12H2,1-2H3,(H,23,26). The summed E-state index contributed by atoms with van der Waals surface area (Å²) in [7, 11) is 1.62. The fourth-order valence-corrected chi connectivity index (χ4v) is 3.92. The number of rotatable bonds is 6. The fraction of sp³-hybridized carbons (Fsp3) is 0.182. The predicted molar refractivity (Wildman–Crippen MR) is 113 cm³/mol. The number of nitrogens with one attached hydrogen (secondary N) is 1. The van der Waals surface area contributed by atoms with Crippen LogP contribution >= 0.6 is 11.3 Å². The maximum Gasteiger partial charge on any atom is 0.230 e. The first-order valence-electron chi connectivity index (χ1n) is 9.15. The third kappa shape index (κ3) is 3.77. The van der Waals surface area contributed by atoms with Crippen molar-refractivity contribution in [3.05, 3.63) is 71.4 Å². The number of benzene rings is 2. The summed E-state index contributed by atoms with van der Waals surface area (Å²) < 4.78 is 7.14. The molecular formula is C22H21N3O2S. The molecule has 5 nitrogen and oxygen atoms in total. The van der Waals surface area contributed by atoms with Crippen molar-refractivity contribution in [1.82, 2.24) is 9.38 Å². The highest BCUT2D eigenvalue weighted by molar-refractivity contribution is 7.15. The van der Waals surface area contributed by atoms with Gasteiger partial charge >= 0.3 is 0 Å². The van der Waals surface area contributed by atoms with Crippen LogP contribution in [0.4, 0.5) is 5.69 Å². The smallest absolute Gasteiger partial charge is 0.230 e. The van der Waals surface area contributed by atoms with Gasteiger partial charge in [0.2, 0.25) is 5.91 Å². The Morgan fingerprint density at radius 1 is 1.14 bits per heavy atom. The number of carbonyl (C=O) groups is 1. The second-order valence-electron chi connectivity index (χ2n) is 6.51. The van der Waals surface area contributed by atoms with Crippen LogP contribution < -0.4 is 10.1 Å². The number of carbonyl (C=O) groups excluding carboxylic acids is 1. The van der Waals surface area contributed by atoms with Crippen molar-refractivity contribution < 1.29 is 9.53 Å². The van der Waals surface area contributed by atoms with Crippen LogP contribution in [0.5, 0.6) is 5.75 Å². The van der Waals surface area contributed by atoms with Crippen LogP contribution in [-0.4, -0.2) is 22.4 Å². The van der Waals surface area contributed by atoms with Crippen molar-refractivity contribution in [3.63, 3.8) is 0 Å². The molecule has 0 aliphatic carbocycles. The van der Waals surface area contributed by atoms with Gasteiger partial charge in [0.1, 0.15) is 5.75 Å². The molecule has 28 heavy (non-hydrogen) atoms. The largest absolute Gasteiger partial charge is 0.497 e. The molecule has 0 unspecified atom stereocenters. The number of amides is 1. The molecule has 6 heteroatoms. The van der Waals surface area contributed by atoms with Crippen LogP contribution in [0.1, 0.15) is 18.2 Å². The van der Waals surface area contributed by atoms with Crippen molar-refractivity contribution in [2.75, 3.05) is 12.4 Å². The quantitative estimate of drug-likeness (QED) is 0.513. The zero-order valence-corrected chi connectivity index (χ0v) is 16.6. The summed E-state index contributed by atoms with van der Waals surface area (Å²) in [5, 5.41) is 4.91. The number of thiazole rings is 1. The zero-order chi connectivity index (χ0) is 19.5. The van der Waals surface area contributed by atoms with E-state index < -0.39 is 0 Å². The van der Waals surface area contributed by atoms with Gasteiger partial charge in [-0.2, -0.15) is 0 Å². The van der Waals surface area contributed by atoms with Gasteiger partial charge in [0, 0.05) is 28.5 Å². The molecule has 142 valence electrons. The van der Waals surface area contributed by atoms with Gasteiger partial charge < -0.3 is 10.1 Å². The Morgan fingerprint density at radius 3 is 2.57 bits per heavy atom. The SMILES string of the molecule is CCc1ccc(-c2cn3c(CC(=O)Nc4ccc(OC)cc4)csc3n2)cc1. The van der Waals surface area contributed by atoms with Gasteiger partial charge in [-0.25, -0.2) is 4.98 Å². The zero-order valence-electron chi connectivity index (χ0n) is 15.8. The minimum Gasteiger partial charge on any atom is -0.497 e. The molecule has 4 rings (SSSR count). The molecule has 1 N–H and O–H groups in total. The lowest BCUT2D eigenvalue weighted by molar-refractivity contribution is -0.115. The molecular weight excluding hydrogens is 370 g/mol. The van der Waals surface area contributed by atoms with Crippen molar-refractivity contribution in [2.24, 2.45) is 0 Å². The summed E-state index contributed by atoms with van der Waals surface area (Å²) in [6, 6.07) is 15.8. The lowest BCUT2D eigenvalue weighted by atomic mass is 10.1. The maximum atomic E-state index is 12.5. The molecule has 0 atom stereocenters. The van der Waals surface area contributed by atoms with E-state index in [1.165, 1.54) is 5.56 Å². The summed E-state index contributed by atoms with van der Waals surface area (Å²) >= 11 is 1.55. The molecule has 0 spiro atoms. The van der Waals surface area contributed by atoms with E-state index in [4.69, 9.17) is 9.72 Å². The van der Waals surface area contributed by atoms with E-state index in [2.05, 4.69) is 36.5 Å². The molecule has 2 heterocycles. The lowest BCUT2D eigenvalue weighted by Crippen LogP contribution is -2.15. The highest BCUT2D eigenvalue weighted by Gasteiger charge is 2.13. The molecule has 2 aromatic carbocycles. The first-order chi connectivity index (χ1) is 13.7. The average Bonchev–Trinajstić information content (AvgIpc) is 3.30. The summed E-state index contributed by atoms with van der Waals surface area (Å²) in [5.41, 5.74) is 4.99. The van der Waals surface area contributed by atoms with Crippen molar-refractivity contribution in [1.29, 1.82) is 0 Å². The van der Waals surface area contributed by atoms with Gasteiger partial charge in [-0.1, -0.05) is 31.2 Å². The van der Waals surface area contributed by atoms with Gasteiger partial charge in [-0.05, 0) is 36.2 Å². The normalized spacial score (nSPS) is 10.9. The number of imidazole rings is 1. The van der Waals surface area contributed by atoms with E-state index >= 15 is 0 Å². The molecule has 0 aliphatic heterocycles. The number of aryl methyl sites for hydroxylation is 1. The Morgan fingerprint density at radius 2 is 1.89 bits per heavy atom. The molecule has 0 radical (unpaired) electrons. The summed E-state index contributed by atoms with van der Waals surface area (Å²) in [5.74, 6) is 0.697. The molecule has 4 aromatic rings. The molecule has 2 aromatic heterocycles. The van der Waals surface area contributed by atoms with Gasteiger partial charge in [-0.15, -0.1) is 11.3 Å². The molecule has 1 amide bonds. The van der Waals surface area contributed by atoms with Crippen LogP contribution in [0, 0.1) is 0 Å². The Balaban J connectivity index is 1.50. The Bertz CT molecular complexity index is 1100. The van der Waals surface area contributed by atoms with Crippen LogP contribution in [0.25, 0.3) is 16.2 Å². The van der Waals surface area contributed by atoms with Crippen LogP contribution in [-0.2, 0) is 17.6 Å². The number of anilines is 1. The second-order valence-corrected chi connectivity index (χ2v) is 7.35. The topological polar surface area (TPSA) is 55.6 Å².